The van der Waals surface area contributed by atoms with Gasteiger partial charge in [-0.25, -0.2) is 0 Å². The number of carbonyl (C=O) groups is 4. The van der Waals surface area contributed by atoms with Crippen LogP contribution < -0.4 is 0 Å². The number of hydrogen-bond donors (Lipinski definition) is 0. The molecule has 0 radical (unpaired) electrons. The van der Waals surface area contributed by atoms with Crippen molar-refractivity contribution in [1.82, 2.24) is 9.80 Å². The third-order valence-corrected chi connectivity index (χ3v) is 2.96. The first-order valence-electron chi connectivity index (χ1n) is 5.59. The minimum atomic E-state index is -0.357. The van der Waals surface area contributed by atoms with Gasteiger partial charge in [-0.3, -0.25) is 29.0 Å². The summed E-state index contributed by atoms with van der Waals surface area (Å²) >= 11 is 0. The predicted octanol–water partition coefficient (Wildman–Crippen LogP) is -0.385. The Morgan fingerprint density at radius 2 is 1.33 bits per heavy atom. The van der Waals surface area contributed by atoms with Gasteiger partial charge >= 0.3 is 0 Å². The lowest BCUT2D eigenvalue weighted by Gasteiger charge is -2.24. The smallest absolute Gasteiger partial charge is 0.253 e. The van der Waals surface area contributed by atoms with Gasteiger partial charge in [0.05, 0.1) is 0 Å². The van der Waals surface area contributed by atoms with Gasteiger partial charge in [0.1, 0.15) is 0 Å². The van der Waals surface area contributed by atoms with Crippen LogP contribution in [0, 0.1) is 0 Å². The van der Waals surface area contributed by atoms with Gasteiger partial charge in [-0.1, -0.05) is 0 Å². The molecule has 18 heavy (non-hydrogen) atoms. The summed E-state index contributed by atoms with van der Waals surface area (Å²) in [5, 5.41) is 0. The van der Waals surface area contributed by atoms with E-state index in [4.69, 9.17) is 0 Å². The highest BCUT2D eigenvalue weighted by molar-refractivity contribution is 6.13. The van der Waals surface area contributed by atoms with Crippen molar-refractivity contribution in [1.29, 1.82) is 0 Å². The molecule has 2 aliphatic heterocycles. The number of imide groups is 2. The highest BCUT2D eigenvalue weighted by atomic mass is 16.2. The monoisotopic (exact) mass is 248 g/mol. The quantitative estimate of drug-likeness (QED) is 0.635. The minimum absolute atomic E-state index is 0.197. The molecule has 0 spiro atoms. The maximum Gasteiger partial charge on any atom is 0.253 e. The summed E-state index contributed by atoms with van der Waals surface area (Å²) < 4.78 is 0. The van der Waals surface area contributed by atoms with Crippen molar-refractivity contribution in [2.24, 2.45) is 0 Å². The maximum atomic E-state index is 11.4. The van der Waals surface area contributed by atoms with E-state index in [0.717, 1.165) is 9.80 Å². The first kappa shape index (κ1) is 12.2. The lowest BCUT2D eigenvalue weighted by atomic mass is 10.2. The van der Waals surface area contributed by atoms with Crippen LogP contribution in [0.2, 0.25) is 0 Å². The zero-order valence-electron chi connectivity index (χ0n) is 9.83. The third kappa shape index (κ3) is 2.09. The van der Waals surface area contributed by atoms with Crippen LogP contribution in [0.5, 0.6) is 0 Å². The molecular weight excluding hydrogens is 236 g/mol. The lowest BCUT2D eigenvalue weighted by molar-refractivity contribution is -0.139. The number of amides is 4. The predicted molar refractivity (Wildman–Crippen MR) is 60.9 cm³/mol. The molecule has 0 aliphatic carbocycles. The molecule has 0 N–H and O–H groups in total. The molecule has 2 rings (SSSR count). The maximum absolute atomic E-state index is 11.4. The number of nitrogens with zero attached hydrogens (tertiary/aromatic N) is 2. The van der Waals surface area contributed by atoms with Gasteiger partial charge in [0.2, 0.25) is 0 Å². The van der Waals surface area contributed by atoms with Crippen LogP contribution in [0.4, 0.5) is 0 Å². The van der Waals surface area contributed by atoms with Gasteiger partial charge in [0.15, 0.2) is 0 Å². The second-order valence-corrected chi connectivity index (χ2v) is 4.18. The molecule has 0 aromatic carbocycles. The van der Waals surface area contributed by atoms with Crippen LogP contribution in [0.25, 0.3) is 0 Å². The van der Waals surface area contributed by atoms with Crippen LogP contribution in [0.15, 0.2) is 24.3 Å². The molecule has 6 nitrogen and oxygen atoms in total. The van der Waals surface area contributed by atoms with E-state index in [0.29, 0.717) is 6.42 Å². The van der Waals surface area contributed by atoms with E-state index in [1.807, 2.05) is 0 Å². The molecule has 0 aromatic heterocycles. The van der Waals surface area contributed by atoms with Crippen molar-refractivity contribution in [2.45, 2.75) is 19.4 Å². The van der Waals surface area contributed by atoms with E-state index >= 15 is 0 Å². The minimum Gasteiger partial charge on any atom is -0.275 e. The molecule has 94 valence electrons. The summed E-state index contributed by atoms with van der Waals surface area (Å²) in [5.41, 5.74) is 0. The van der Waals surface area contributed by atoms with Crippen molar-refractivity contribution in [3.05, 3.63) is 24.3 Å². The number of carbonyl (C=O) groups excluding carboxylic acids is 4. The summed E-state index contributed by atoms with van der Waals surface area (Å²) in [6.45, 7) is 1.91. The SMILES string of the molecule is CC(CCN1C(=O)C=CC1=O)N1C(=O)C=CC1=O. The van der Waals surface area contributed by atoms with Crippen molar-refractivity contribution < 1.29 is 19.2 Å². The highest BCUT2D eigenvalue weighted by Crippen LogP contribution is 2.13. The molecular formula is C12H12N2O4. The molecule has 2 heterocycles. The summed E-state index contributed by atoms with van der Waals surface area (Å²) in [6, 6.07) is -0.346. The molecule has 0 saturated carbocycles. The third-order valence-electron chi connectivity index (χ3n) is 2.96. The first-order chi connectivity index (χ1) is 8.50. The fourth-order valence-corrected chi connectivity index (χ4v) is 1.94. The molecule has 1 unspecified atom stereocenters. The van der Waals surface area contributed by atoms with E-state index < -0.39 is 0 Å². The van der Waals surface area contributed by atoms with Crippen molar-refractivity contribution in [2.75, 3.05) is 6.54 Å². The average Bonchev–Trinajstić information content (AvgIpc) is 2.81. The Labute approximate surface area is 104 Å². The zero-order chi connectivity index (χ0) is 13.3. The Kier molecular flexibility index (Phi) is 3.10. The Balaban J connectivity index is 1.91. The van der Waals surface area contributed by atoms with E-state index in [2.05, 4.69) is 0 Å². The molecule has 2 aliphatic rings. The Morgan fingerprint density at radius 3 is 1.83 bits per heavy atom. The topological polar surface area (TPSA) is 74.8 Å². The second kappa shape index (κ2) is 4.56. The number of rotatable bonds is 4. The van der Waals surface area contributed by atoms with Gasteiger partial charge < -0.3 is 0 Å². The van der Waals surface area contributed by atoms with Crippen molar-refractivity contribution in [3.8, 4) is 0 Å². The van der Waals surface area contributed by atoms with E-state index in [1.165, 1.54) is 24.3 Å². The second-order valence-electron chi connectivity index (χ2n) is 4.18. The molecule has 6 heteroatoms. The van der Waals surface area contributed by atoms with Crippen LogP contribution in [0.1, 0.15) is 13.3 Å². The molecule has 0 bridgehead atoms. The Bertz CT molecular complexity index is 456. The van der Waals surface area contributed by atoms with Crippen LogP contribution >= 0.6 is 0 Å². The van der Waals surface area contributed by atoms with E-state index in [9.17, 15) is 19.2 Å². The standard InChI is InChI=1S/C12H12N2O4/c1-8(14-11(17)4-5-12(14)18)6-7-13-9(15)2-3-10(13)16/h2-5,8H,6-7H2,1H3. The van der Waals surface area contributed by atoms with Gasteiger partial charge in [0, 0.05) is 36.9 Å². The van der Waals surface area contributed by atoms with Crippen LogP contribution in [0.3, 0.4) is 0 Å². The van der Waals surface area contributed by atoms with Crippen LogP contribution in [-0.2, 0) is 19.2 Å². The summed E-state index contributed by atoms with van der Waals surface area (Å²) in [6.07, 6.45) is 5.22. The van der Waals surface area contributed by atoms with Gasteiger partial charge in [0.25, 0.3) is 23.6 Å². The largest absolute Gasteiger partial charge is 0.275 e. The van der Waals surface area contributed by atoms with Crippen molar-refractivity contribution in [3.63, 3.8) is 0 Å². The number of hydrogen-bond acceptors (Lipinski definition) is 4. The van der Waals surface area contributed by atoms with E-state index in [-0.39, 0.29) is 36.2 Å². The Hall–Kier alpha value is -2.24. The molecule has 4 amide bonds. The molecule has 0 fully saturated rings. The molecule has 0 aromatic rings. The fraction of sp³-hybridized carbons (Fsp3) is 0.333. The fourth-order valence-electron chi connectivity index (χ4n) is 1.94. The summed E-state index contributed by atoms with van der Waals surface area (Å²) in [7, 11) is 0. The molecule has 0 saturated heterocycles. The Morgan fingerprint density at radius 1 is 0.889 bits per heavy atom. The lowest BCUT2D eigenvalue weighted by Crippen LogP contribution is -2.41. The van der Waals surface area contributed by atoms with Gasteiger partial charge in [-0.2, -0.15) is 0 Å². The first-order valence-corrected chi connectivity index (χ1v) is 5.59. The summed E-state index contributed by atoms with van der Waals surface area (Å²) in [4.78, 5) is 47.6. The van der Waals surface area contributed by atoms with Gasteiger partial charge in [-0.05, 0) is 13.3 Å². The normalized spacial score (nSPS) is 20.5. The summed E-state index contributed by atoms with van der Waals surface area (Å²) in [5.74, 6) is -1.43. The highest BCUT2D eigenvalue weighted by Gasteiger charge is 2.30. The van der Waals surface area contributed by atoms with E-state index in [1.54, 1.807) is 6.92 Å². The zero-order valence-corrected chi connectivity index (χ0v) is 9.83. The van der Waals surface area contributed by atoms with Crippen molar-refractivity contribution >= 4 is 23.6 Å². The van der Waals surface area contributed by atoms with Gasteiger partial charge in [-0.15, -0.1) is 0 Å². The van der Waals surface area contributed by atoms with Crippen LogP contribution in [-0.4, -0.2) is 46.0 Å². The average molecular weight is 248 g/mol. The molecule has 1 atom stereocenters.